The predicted octanol–water partition coefficient (Wildman–Crippen LogP) is 3.05. The molecule has 1 atom stereocenters. The van der Waals surface area contributed by atoms with Gasteiger partial charge in [0.25, 0.3) is 0 Å². The summed E-state index contributed by atoms with van der Waals surface area (Å²) < 4.78 is 36.2. The Morgan fingerprint density at radius 3 is 2.33 bits per heavy atom. The maximum Gasteiger partial charge on any atom is 0.175 e. The van der Waals surface area contributed by atoms with Gasteiger partial charge in [0.05, 0.1) is 11.0 Å². The number of aliphatic hydroxyl groups is 1. The third-order valence-corrected chi connectivity index (χ3v) is 5.14. The van der Waals surface area contributed by atoms with E-state index in [1.165, 1.54) is 30.0 Å². The van der Waals surface area contributed by atoms with Crippen LogP contribution in [0.3, 0.4) is 0 Å². The predicted molar refractivity (Wildman–Crippen MR) is 81.6 cm³/mol. The molecule has 0 aliphatic heterocycles. The van der Waals surface area contributed by atoms with E-state index >= 15 is 0 Å². The molecule has 2 aromatic rings. The average molecular weight is 326 g/mol. The zero-order valence-corrected chi connectivity index (χ0v) is 13.0. The number of benzene rings is 2. The van der Waals surface area contributed by atoms with Crippen LogP contribution in [-0.2, 0) is 9.84 Å². The first-order valence-electron chi connectivity index (χ1n) is 6.23. The van der Waals surface area contributed by atoms with Crippen LogP contribution < -0.4 is 0 Å². The van der Waals surface area contributed by atoms with Crippen molar-refractivity contribution in [3.05, 3.63) is 59.9 Å². The van der Waals surface area contributed by atoms with E-state index in [9.17, 15) is 17.9 Å². The molecule has 0 saturated carbocycles. The van der Waals surface area contributed by atoms with Crippen molar-refractivity contribution in [2.45, 2.75) is 15.9 Å². The second-order valence-corrected chi connectivity index (χ2v) is 7.70. The lowest BCUT2D eigenvalue weighted by atomic mass is 10.1. The standard InChI is InChI=1S/C15H15FO3S2/c1-21(18,19)12-8-6-11(7-9-12)20-10-15(17)13-4-2-3-5-14(13)16/h2-9,15,17H,10H2,1H3. The number of aliphatic hydroxyl groups excluding tert-OH is 1. The van der Waals surface area contributed by atoms with Gasteiger partial charge in [0.1, 0.15) is 5.82 Å². The monoisotopic (exact) mass is 326 g/mol. The smallest absolute Gasteiger partial charge is 0.175 e. The van der Waals surface area contributed by atoms with Gasteiger partial charge in [0.15, 0.2) is 9.84 Å². The lowest BCUT2D eigenvalue weighted by Crippen LogP contribution is -2.03. The summed E-state index contributed by atoms with van der Waals surface area (Å²) >= 11 is 1.34. The summed E-state index contributed by atoms with van der Waals surface area (Å²) in [4.78, 5) is 1.07. The van der Waals surface area contributed by atoms with Gasteiger partial charge < -0.3 is 5.11 Å². The van der Waals surface area contributed by atoms with Crippen LogP contribution in [0.25, 0.3) is 0 Å². The van der Waals surface area contributed by atoms with Gasteiger partial charge in [-0.3, -0.25) is 0 Å². The second-order valence-electron chi connectivity index (χ2n) is 4.59. The van der Waals surface area contributed by atoms with E-state index in [4.69, 9.17) is 0 Å². The van der Waals surface area contributed by atoms with Crippen molar-refractivity contribution in [3.63, 3.8) is 0 Å². The topological polar surface area (TPSA) is 54.4 Å². The van der Waals surface area contributed by atoms with Crippen molar-refractivity contribution >= 4 is 21.6 Å². The fraction of sp³-hybridized carbons (Fsp3) is 0.200. The van der Waals surface area contributed by atoms with Crippen molar-refractivity contribution in [3.8, 4) is 0 Å². The van der Waals surface area contributed by atoms with Crippen molar-refractivity contribution in [2.75, 3.05) is 12.0 Å². The summed E-state index contributed by atoms with van der Waals surface area (Å²) in [6.07, 6.45) is 0.239. The summed E-state index contributed by atoms with van der Waals surface area (Å²) in [5, 5.41) is 9.99. The Morgan fingerprint density at radius 2 is 1.76 bits per heavy atom. The van der Waals surface area contributed by atoms with Crippen LogP contribution in [0.15, 0.2) is 58.3 Å². The highest BCUT2D eigenvalue weighted by Gasteiger charge is 2.13. The quantitative estimate of drug-likeness (QED) is 0.858. The molecule has 6 heteroatoms. The zero-order chi connectivity index (χ0) is 15.5. The maximum absolute atomic E-state index is 13.5. The van der Waals surface area contributed by atoms with Gasteiger partial charge in [-0.2, -0.15) is 0 Å². The molecule has 0 heterocycles. The Balaban J connectivity index is 2.02. The molecule has 0 saturated heterocycles. The molecule has 0 aromatic heterocycles. The Labute approximate surface area is 127 Å². The minimum Gasteiger partial charge on any atom is -0.387 e. The Hall–Kier alpha value is -1.37. The number of halogens is 1. The lowest BCUT2D eigenvalue weighted by Gasteiger charge is -2.11. The molecule has 0 amide bonds. The van der Waals surface area contributed by atoms with Crippen LogP contribution >= 0.6 is 11.8 Å². The normalized spacial score (nSPS) is 13.1. The summed E-state index contributed by atoms with van der Waals surface area (Å²) in [5.41, 5.74) is 0.262. The minimum absolute atomic E-state index is 0.251. The molecule has 0 radical (unpaired) electrons. The molecule has 0 fully saturated rings. The first-order valence-corrected chi connectivity index (χ1v) is 9.11. The molecule has 2 aromatic carbocycles. The average Bonchev–Trinajstić information content (AvgIpc) is 2.45. The molecule has 0 aliphatic rings. The van der Waals surface area contributed by atoms with Gasteiger partial charge in [0.2, 0.25) is 0 Å². The van der Waals surface area contributed by atoms with Crippen molar-refractivity contribution in [1.29, 1.82) is 0 Å². The number of thioether (sulfide) groups is 1. The van der Waals surface area contributed by atoms with Crippen LogP contribution in [0.2, 0.25) is 0 Å². The van der Waals surface area contributed by atoms with Crippen LogP contribution in [0, 0.1) is 5.82 Å². The van der Waals surface area contributed by atoms with Crippen molar-refractivity contribution in [2.24, 2.45) is 0 Å². The van der Waals surface area contributed by atoms with E-state index in [0.717, 1.165) is 11.2 Å². The van der Waals surface area contributed by atoms with E-state index in [2.05, 4.69) is 0 Å². The van der Waals surface area contributed by atoms with Crippen molar-refractivity contribution < 1.29 is 17.9 Å². The molecule has 0 bridgehead atoms. The first kappa shape index (κ1) is 16.0. The SMILES string of the molecule is CS(=O)(=O)c1ccc(SCC(O)c2ccccc2F)cc1. The summed E-state index contributed by atoms with van der Waals surface area (Å²) in [5.74, 6) is -0.142. The fourth-order valence-electron chi connectivity index (χ4n) is 1.79. The Bertz CT molecular complexity index is 712. The third-order valence-electron chi connectivity index (χ3n) is 2.92. The summed E-state index contributed by atoms with van der Waals surface area (Å²) in [6, 6.07) is 12.5. The van der Waals surface area contributed by atoms with Gasteiger partial charge in [-0.15, -0.1) is 11.8 Å². The number of rotatable bonds is 5. The second kappa shape index (κ2) is 6.60. The Kier molecular flexibility index (Phi) is 5.03. The van der Waals surface area contributed by atoms with Gasteiger partial charge >= 0.3 is 0 Å². The third kappa shape index (κ3) is 4.30. The highest BCUT2D eigenvalue weighted by atomic mass is 32.2. The van der Waals surface area contributed by atoms with E-state index < -0.39 is 21.8 Å². The number of hydrogen-bond donors (Lipinski definition) is 1. The molecule has 1 unspecified atom stereocenters. The number of hydrogen-bond acceptors (Lipinski definition) is 4. The molecule has 112 valence electrons. The molecule has 0 spiro atoms. The molecular weight excluding hydrogens is 311 g/mol. The zero-order valence-electron chi connectivity index (χ0n) is 11.4. The fourth-order valence-corrected chi connectivity index (χ4v) is 3.28. The number of sulfone groups is 1. The highest BCUT2D eigenvalue weighted by molar-refractivity contribution is 7.99. The molecular formula is C15H15FO3S2. The summed E-state index contributed by atoms with van der Waals surface area (Å²) in [6.45, 7) is 0. The summed E-state index contributed by atoms with van der Waals surface area (Å²) in [7, 11) is -3.21. The van der Waals surface area contributed by atoms with E-state index in [0.29, 0.717) is 5.75 Å². The van der Waals surface area contributed by atoms with Crippen LogP contribution in [0.4, 0.5) is 4.39 Å². The van der Waals surface area contributed by atoms with Crippen LogP contribution in [-0.4, -0.2) is 25.5 Å². The molecule has 0 aliphatic carbocycles. The lowest BCUT2D eigenvalue weighted by molar-refractivity contribution is 0.199. The van der Waals surface area contributed by atoms with E-state index in [-0.39, 0.29) is 10.5 Å². The maximum atomic E-state index is 13.5. The molecule has 1 N–H and O–H groups in total. The van der Waals surface area contributed by atoms with Crippen LogP contribution in [0.5, 0.6) is 0 Å². The molecule has 3 nitrogen and oxygen atoms in total. The van der Waals surface area contributed by atoms with Gasteiger partial charge in [-0.1, -0.05) is 18.2 Å². The van der Waals surface area contributed by atoms with Crippen molar-refractivity contribution in [1.82, 2.24) is 0 Å². The molecule has 21 heavy (non-hydrogen) atoms. The van der Waals surface area contributed by atoms with Gasteiger partial charge in [-0.25, -0.2) is 12.8 Å². The molecule has 2 rings (SSSR count). The van der Waals surface area contributed by atoms with Gasteiger partial charge in [-0.05, 0) is 30.3 Å². The Morgan fingerprint density at radius 1 is 1.14 bits per heavy atom. The van der Waals surface area contributed by atoms with E-state index in [1.807, 2.05) is 0 Å². The highest BCUT2D eigenvalue weighted by Crippen LogP contribution is 2.26. The first-order chi connectivity index (χ1) is 9.88. The minimum atomic E-state index is -3.21. The largest absolute Gasteiger partial charge is 0.387 e. The van der Waals surface area contributed by atoms with Crippen LogP contribution in [0.1, 0.15) is 11.7 Å². The van der Waals surface area contributed by atoms with Gasteiger partial charge in [0, 0.05) is 22.5 Å². The van der Waals surface area contributed by atoms with E-state index in [1.54, 1.807) is 30.3 Å².